The summed E-state index contributed by atoms with van der Waals surface area (Å²) in [6.45, 7) is 11.2. The molecule has 0 aromatic carbocycles. The first-order valence-electron chi connectivity index (χ1n) is 5.23. The Morgan fingerprint density at radius 3 is 2.85 bits per heavy atom. The highest BCUT2D eigenvalue weighted by Gasteiger charge is 2.34. The first kappa shape index (κ1) is 9.44. The van der Waals surface area contributed by atoms with Gasteiger partial charge in [-0.05, 0) is 6.92 Å². The van der Waals surface area contributed by atoms with E-state index in [9.17, 15) is 0 Å². The van der Waals surface area contributed by atoms with E-state index < -0.39 is 0 Å². The van der Waals surface area contributed by atoms with E-state index in [1.165, 1.54) is 19.6 Å². The molecule has 2 aliphatic rings. The van der Waals surface area contributed by atoms with Crippen molar-refractivity contribution in [1.29, 1.82) is 0 Å². The third kappa shape index (κ3) is 2.22. The number of morpholine rings is 1. The summed E-state index contributed by atoms with van der Waals surface area (Å²) in [6.07, 6.45) is 0.422. The van der Waals surface area contributed by atoms with E-state index in [0.717, 1.165) is 19.7 Å². The zero-order valence-corrected chi connectivity index (χ0v) is 8.68. The zero-order chi connectivity index (χ0) is 9.31. The highest BCUT2D eigenvalue weighted by Crippen LogP contribution is 2.23. The number of nitrogens with zero attached hydrogens (tertiary/aromatic N) is 1. The van der Waals surface area contributed by atoms with Gasteiger partial charge in [0.2, 0.25) is 0 Å². The molecule has 0 spiro atoms. The summed E-state index contributed by atoms with van der Waals surface area (Å²) in [5.74, 6) is 0. The molecule has 2 aliphatic heterocycles. The van der Waals surface area contributed by atoms with Gasteiger partial charge in [-0.2, -0.15) is 0 Å². The third-order valence-corrected chi connectivity index (χ3v) is 3.03. The summed E-state index contributed by atoms with van der Waals surface area (Å²) >= 11 is 0. The van der Waals surface area contributed by atoms with Crippen molar-refractivity contribution in [2.24, 2.45) is 5.41 Å². The third-order valence-electron chi connectivity index (χ3n) is 3.03. The van der Waals surface area contributed by atoms with Crippen LogP contribution in [0, 0.1) is 5.41 Å². The lowest BCUT2D eigenvalue weighted by Crippen LogP contribution is -2.58. The first-order valence-corrected chi connectivity index (χ1v) is 5.23. The predicted octanol–water partition coefficient (Wildman–Crippen LogP) is 0.317. The Balaban J connectivity index is 1.80. The maximum Gasteiger partial charge on any atom is 0.0674 e. The number of rotatable bonds is 2. The van der Waals surface area contributed by atoms with Crippen molar-refractivity contribution < 1.29 is 4.74 Å². The lowest BCUT2D eigenvalue weighted by atomic mass is 9.83. The monoisotopic (exact) mass is 184 g/mol. The normalized spacial score (nSPS) is 34.2. The maximum atomic E-state index is 5.52. The molecule has 13 heavy (non-hydrogen) atoms. The Bertz CT molecular complexity index is 180. The molecule has 0 amide bonds. The van der Waals surface area contributed by atoms with Crippen LogP contribution in [0.4, 0.5) is 0 Å². The Morgan fingerprint density at radius 1 is 1.54 bits per heavy atom. The Kier molecular flexibility index (Phi) is 2.58. The molecule has 1 N–H and O–H groups in total. The van der Waals surface area contributed by atoms with Crippen molar-refractivity contribution in [2.45, 2.75) is 20.0 Å². The second-order valence-electron chi connectivity index (χ2n) is 4.83. The number of hydrogen-bond acceptors (Lipinski definition) is 3. The molecule has 2 rings (SSSR count). The molecule has 0 aliphatic carbocycles. The van der Waals surface area contributed by atoms with E-state index in [4.69, 9.17) is 4.74 Å². The van der Waals surface area contributed by atoms with Crippen molar-refractivity contribution in [1.82, 2.24) is 10.2 Å². The fourth-order valence-electron chi connectivity index (χ4n) is 2.24. The molecule has 2 saturated heterocycles. The van der Waals surface area contributed by atoms with Crippen LogP contribution >= 0.6 is 0 Å². The van der Waals surface area contributed by atoms with E-state index in [-0.39, 0.29) is 0 Å². The average molecular weight is 184 g/mol. The molecule has 0 radical (unpaired) electrons. The minimum absolute atomic E-state index is 0.422. The SMILES string of the molecule is CC1CN(CC2(C)CNC2)CCO1. The molecule has 0 bridgehead atoms. The van der Waals surface area contributed by atoms with Gasteiger partial charge in [-0.15, -0.1) is 0 Å². The van der Waals surface area contributed by atoms with E-state index in [1.54, 1.807) is 0 Å². The largest absolute Gasteiger partial charge is 0.376 e. The standard InChI is InChI=1S/C10H20N2O/c1-9-5-12(3-4-13-9)8-10(2)6-11-7-10/h9,11H,3-8H2,1-2H3. The van der Waals surface area contributed by atoms with Crippen LogP contribution in [-0.2, 0) is 4.74 Å². The van der Waals surface area contributed by atoms with E-state index in [1.807, 2.05) is 0 Å². The van der Waals surface area contributed by atoms with Crippen molar-refractivity contribution in [2.75, 3.05) is 39.3 Å². The summed E-state index contributed by atoms with van der Waals surface area (Å²) in [7, 11) is 0. The lowest BCUT2D eigenvalue weighted by molar-refractivity contribution is -0.0364. The molecule has 1 unspecified atom stereocenters. The topological polar surface area (TPSA) is 24.5 Å². The number of hydrogen-bond donors (Lipinski definition) is 1. The molecular formula is C10H20N2O. The molecule has 3 nitrogen and oxygen atoms in total. The molecule has 2 fully saturated rings. The Hall–Kier alpha value is -0.120. The smallest absolute Gasteiger partial charge is 0.0674 e. The Labute approximate surface area is 80.4 Å². The Morgan fingerprint density at radius 2 is 2.31 bits per heavy atom. The summed E-state index contributed by atoms with van der Waals surface area (Å²) in [5.41, 5.74) is 0.525. The highest BCUT2D eigenvalue weighted by molar-refractivity contribution is 4.91. The van der Waals surface area contributed by atoms with Gasteiger partial charge in [0.25, 0.3) is 0 Å². The van der Waals surface area contributed by atoms with Crippen molar-refractivity contribution >= 4 is 0 Å². The van der Waals surface area contributed by atoms with E-state index in [0.29, 0.717) is 11.5 Å². The van der Waals surface area contributed by atoms with Gasteiger partial charge >= 0.3 is 0 Å². The van der Waals surface area contributed by atoms with Gasteiger partial charge in [0.05, 0.1) is 12.7 Å². The quantitative estimate of drug-likeness (QED) is 0.669. The zero-order valence-electron chi connectivity index (χ0n) is 8.68. The van der Waals surface area contributed by atoms with Crippen LogP contribution < -0.4 is 5.32 Å². The highest BCUT2D eigenvalue weighted by atomic mass is 16.5. The van der Waals surface area contributed by atoms with Gasteiger partial charge in [0.1, 0.15) is 0 Å². The minimum atomic E-state index is 0.422. The molecule has 0 aromatic rings. The average Bonchev–Trinajstić information content (AvgIpc) is 2.01. The van der Waals surface area contributed by atoms with Crippen LogP contribution in [0.2, 0.25) is 0 Å². The second kappa shape index (κ2) is 3.56. The molecule has 0 aromatic heterocycles. The van der Waals surface area contributed by atoms with Crippen molar-refractivity contribution in [3.8, 4) is 0 Å². The lowest BCUT2D eigenvalue weighted by Gasteiger charge is -2.44. The molecule has 3 heteroatoms. The van der Waals surface area contributed by atoms with Crippen molar-refractivity contribution in [3.05, 3.63) is 0 Å². The van der Waals surface area contributed by atoms with Gasteiger partial charge in [0.15, 0.2) is 0 Å². The molecule has 2 heterocycles. The number of ether oxygens (including phenoxy) is 1. The van der Waals surface area contributed by atoms with Gasteiger partial charge in [-0.3, -0.25) is 4.90 Å². The number of nitrogens with one attached hydrogen (secondary N) is 1. The van der Waals surface area contributed by atoms with Crippen LogP contribution in [0.3, 0.4) is 0 Å². The van der Waals surface area contributed by atoms with Gasteiger partial charge < -0.3 is 10.1 Å². The summed E-state index contributed by atoms with van der Waals surface area (Å²) in [5, 5.41) is 3.34. The van der Waals surface area contributed by atoms with Crippen LogP contribution in [0.25, 0.3) is 0 Å². The fourth-order valence-corrected chi connectivity index (χ4v) is 2.24. The molecule has 0 saturated carbocycles. The van der Waals surface area contributed by atoms with Gasteiger partial charge in [-0.25, -0.2) is 0 Å². The summed E-state index contributed by atoms with van der Waals surface area (Å²) in [4.78, 5) is 2.54. The van der Waals surface area contributed by atoms with E-state index >= 15 is 0 Å². The first-order chi connectivity index (χ1) is 6.18. The van der Waals surface area contributed by atoms with Crippen LogP contribution in [0.15, 0.2) is 0 Å². The van der Waals surface area contributed by atoms with Crippen molar-refractivity contribution in [3.63, 3.8) is 0 Å². The molecule has 1 atom stereocenters. The van der Waals surface area contributed by atoms with E-state index in [2.05, 4.69) is 24.1 Å². The fraction of sp³-hybridized carbons (Fsp3) is 1.00. The summed E-state index contributed by atoms with van der Waals surface area (Å²) in [6, 6.07) is 0. The van der Waals surface area contributed by atoms with Crippen LogP contribution in [-0.4, -0.2) is 50.3 Å². The molecular weight excluding hydrogens is 164 g/mol. The minimum Gasteiger partial charge on any atom is -0.376 e. The maximum absolute atomic E-state index is 5.52. The predicted molar refractivity (Wildman–Crippen MR) is 52.8 cm³/mol. The van der Waals surface area contributed by atoms with Crippen LogP contribution in [0.5, 0.6) is 0 Å². The van der Waals surface area contributed by atoms with Gasteiger partial charge in [0, 0.05) is 38.1 Å². The van der Waals surface area contributed by atoms with Crippen LogP contribution in [0.1, 0.15) is 13.8 Å². The second-order valence-corrected chi connectivity index (χ2v) is 4.83. The molecule has 76 valence electrons. The summed E-state index contributed by atoms with van der Waals surface area (Å²) < 4.78 is 5.52. The van der Waals surface area contributed by atoms with Gasteiger partial charge in [-0.1, -0.05) is 6.92 Å².